The average Bonchev–Trinajstić information content (AvgIpc) is 2.55. The van der Waals surface area contributed by atoms with Gasteiger partial charge in [-0.2, -0.15) is 10.1 Å². The number of nitrogens with one attached hydrogen (secondary N) is 2. The van der Waals surface area contributed by atoms with Gasteiger partial charge in [0.25, 0.3) is 0 Å². The van der Waals surface area contributed by atoms with Crippen LogP contribution in [0.1, 0.15) is 11.1 Å². The third-order valence-electron chi connectivity index (χ3n) is 3.41. The lowest BCUT2D eigenvalue weighted by molar-refractivity contribution is 0.417. The van der Waals surface area contributed by atoms with Crippen molar-refractivity contribution in [3.8, 4) is 5.75 Å². The quantitative estimate of drug-likeness (QED) is 0.740. The minimum atomic E-state index is 0.430. The number of methoxy groups -OCH3 is 1. The van der Waals surface area contributed by atoms with Crippen molar-refractivity contribution in [2.24, 2.45) is 0 Å². The van der Waals surface area contributed by atoms with E-state index in [9.17, 15) is 0 Å². The molecule has 1 heterocycles. The summed E-state index contributed by atoms with van der Waals surface area (Å²) < 4.78 is 5.33. The molecule has 122 valence electrons. The van der Waals surface area contributed by atoms with Crippen LogP contribution in [-0.4, -0.2) is 22.3 Å². The van der Waals surface area contributed by atoms with Crippen molar-refractivity contribution in [3.63, 3.8) is 0 Å². The second kappa shape index (κ2) is 6.95. The van der Waals surface area contributed by atoms with E-state index in [1.807, 2.05) is 36.4 Å². The van der Waals surface area contributed by atoms with Gasteiger partial charge >= 0.3 is 0 Å². The molecule has 0 unspecified atom stereocenters. The zero-order valence-electron chi connectivity index (χ0n) is 13.9. The van der Waals surface area contributed by atoms with Crippen LogP contribution in [0.5, 0.6) is 5.75 Å². The van der Waals surface area contributed by atoms with Crippen LogP contribution < -0.4 is 15.4 Å². The summed E-state index contributed by atoms with van der Waals surface area (Å²) in [5, 5.41) is 14.4. The van der Waals surface area contributed by atoms with Crippen molar-refractivity contribution in [2.75, 3.05) is 17.7 Å². The average molecular weight is 321 g/mol. The number of ether oxygens (including phenoxy) is 1. The van der Waals surface area contributed by atoms with Crippen molar-refractivity contribution in [1.29, 1.82) is 0 Å². The summed E-state index contributed by atoms with van der Waals surface area (Å²) in [4.78, 5) is 4.45. The SMILES string of the molecule is COc1ccccc1Nc1cnnc(Nc2cc(C)cc(C)c2)n1. The molecule has 0 saturated carbocycles. The zero-order valence-corrected chi connectivity index (χ0v) is 13.9. The molecule has 0 fully saturated rings. The first-order chi connectivity index (χ1) is 11.6. The molecule has 1 aromatic heterocycles. The molecular weight excluding hydrogens is 302 g/mol. The molecule has 0 aliphatic heterocycles. The summed E-state index contributed by atoms with van der Waals surface area (Å²) in [5.41, 5.74) is 4.10. The molecule has 0 saturated heterocycles. The predicted octanol–water partition coefficient (Wildman–Crippen LogP) is 3.98. The molecule has 6 nitrogen and oxygen atoms in total. The summed E-state index contributed by atoms with van der Waals surface area (Å²) in [6, 6.07) is 13.8. The van der Waals surface area contributed by atoms with Crippen LogP contribution in [0.3, 0.4) is 0 Å². The van der Waals surface area contributed by atoms with Gasteiger partial charge in [-0.25, -0.2) is 0 Å². The first kappa shape index (κ1) is 15.7. The second-order valence-electron chi connectivity index (χ2n) is 5.49. The van der Waals surface area contributed by atoms with Crippen LogP contribution in [0.25, 0.3) is 0 Å². The Bertz CT molecular complexity index is 830. The Morgan fingerprint density at radius 3 is 2.46 bits per heavy atom. The van der Waals surface area contributed by atoms with Gasteiger partial charge in [0, 0.05) is 5.69 Å². The third-order valence-corrected chi connectivity index (χ3v) is 3.41. The molecule has 0 aliphatic carbocycles. The van der Waals surface area contributed by atoms with E-state index in [4.69, 9.17) is 4.74 Å². The maximum Gasteiger partial charge on any atom is 0.249 e. The highest BCUT2D eigenvalue weighted by Gasteiger charge is 2.06. The number of hydrogen-bond donors (Lipinski definition) is 2. The summed E-state index contributed by atoms with van der Waals surface area (Å²) in [6.45, 7) is 4.11. The fourth-order valence-corrected chi connectivity index (χ4v) is 2.48. The van der Waals surface area contributed by atoms with Gasteiger partial charge in [-0.1, -0.05) is 18.2 Å². The first-order valence-corrected chi connectivity index (χ1v) is 7.59. The van der Waals surface area contributed by atoms with Gasteiger partial charge in [-0.05, 0) is 49.2 Å². The van der Waals surface area contributed by atoms with E-state index >= 15 is 0 Å². The highest BCUT2D eigenvalue weighted by atomic mass is 16.5. The number of benzene rings is 2. The second-order valence-corrected chi connectivity index (χ2v) is 5.49. The minimum absolute atomic E-state index is 0.430. The van der Waals surface area contributed by atoms with E-state index < -0.39 is 0 Å². The van der Waals surface area contributed by atoms with Gasteiger partial charge in [0.05, 0.1) is 19.0 Å². The summed E-state index contributed by atoms with van der Waals surface area (Å²) in [6.07, 6.45) is 1.57. The fraction of sp³-hybridized carbons (Fsp3) is 0.167. The normalized spacial score (nSPS) is 10.3. The molecule has 2 N–H and O–H groups in total. The molecule has 3 aromatic rings. The lowest BCUT2D eigenvalue weighted by Crippen LogP contribution is -2.03. The summed E-state index contributed by atoms with van der Waals surface area (Å²) in [7, 11) is 1.63. The van der Waals surface area contributed by atoms with E-state index in [1.165, 1.54) is 11.1 Å². The van der Waals surface area contributed by atoms with Crippen LogP contribution in [0.2, 0.25) is 0 Å². The van der Waals surface area contributed by atoms with Crippen LogP contribution in [0.4, 0.5) is 23.1 Å². The van der Waals surface area contributed by atoms with Crippen molar-refractivity contribution in [2.45, 2.75) is 13.8 Å². The molecule has 0 atom stereocenters. The van der Waals surface area contributed by atoms with Gasteiger partial charge in [0.2, 0.25) is 5.95 Å². The maximum atomic E-state index is 5.33. The number of aryl methyl sites for hydroxylation is 2. The van der Waals surface area contributed by atoms with Crippen LogP contribution in [0.15, 0.2) is 48.7 Å². The lowest BCUT2D eigenvalue weighted by atomic mass is 10.1. The summed E-state index contributed by atoms with van der Waals surface area (Å²) >= 11 is 0. The summed E-state index contributed by atoms with van der Waals surface area (Å²) in [5.74, 6) is 1.75. The Labute approximate surface area is 140 Å². The molecule has 0 radical (unpaired) electrons. The van der Waals surface area contributed by atoms with Crippen LogP contribution in [-0.2, 0) is 0 Å². The molecule has 0 aliphatic rings. The Morgan fingerprint density at radius 1 is 0.958 bits per heavy atom. The van der Waals surface area contributed by atoms with Gasteiger partial charge < -0.3 is 15.4 Å². The molecule has 3 rings (SSSR count). The van der Waals surface area contributed by atoms with Crippen molar-refractivity contribution in [1.82, 2.24) is 15.2 Å². The van der Waals surface area contributed by atoms with Gasteiger partial charge in [-0.15, -0.1) is 5.10 Å². The highest BCUT2D eigenvalue weighted by Crippen LogP contribution is 2.26. The molecule has 0 amide bonds. The fourth-order valence-electron chi connectivity index (χ4n) is 2.48. The van der Waals surface area contributed by atoms with Crippen molar-refractivity contribution >= 4 is 23.1 Å². The topological polar surface area (TPSA) is 72.0 Å². The molecule has 0 bridgehead atoms. The number of aromatic nitrogens is 3. The number of para-hydroxylation sites is 2. The third kappa shape index (κ3) is 3.78. The number of hydrogen-bond acceptors (Lipinski definition) is 6. The van der Waals surface area contributed by atoms with Crippen molar-refractivity contribution in [3.05, 3.63) is 59.8 Å². The molecule has 0 spiro atoms. The molecule has 6 heteroatoms. The number of nitrogens with zero attached hydrogens (tertiary/aromatic N) is 3. The van der Waals surface area contributed by atoms with Gasteiger partial charge in [-0.3, -0.25) is 0 Å². The Hall–Kier alpha value is -3.15. The van der Waals surface area contributed by atoms with E-state index in [0.29, 0.717) is 11.8 Å². The van der Waals surface area contributed by atoms with E-state index in [1.54, 1.807) is 13.3 Å². The number of anilines is 4. The Balaban J connectivity index is 1.81. The minimum Gasteiger partial charge on any atom is -0.495 e. The van der Waals surface area contributed by atoms with E-state index in [0.717, 1.165) is 17.1 Å². The predicted molar refractivity (Wildman–Crippen MR) is 95.3 cm³/mol. The molecule has 2 aromatic carbocycles. The van der Waals surface area contributed by atoms with Gasteiger partial charge in [0.1, 0.15) is 5.75 Å². The largest absolute Gasteiger partial charge is 0.495 e. The Kier molecular flexibility index (Phi) is 4.56. The number of rotatable bonds is 5. The highest BCUT2D eigenvalue weighted by molar-refractivity contribution is 5.64. The van der Waals surface area contributed by atoms with E-state index in [2.05, 4.69) is 45.7 Å². The monoisotopic (exact) mass is 321 g/mol. The standard InChI is InChI=1S/C18H19N5O/c1-12-8-13(2)10-14(9-12)20-18-22-17(11-19-23-18)21-15-6-4-5-7-16(15)24-3/h4-11H,1-3H3,(H2,20,21,22,23). The smallest absolute Gasteiger partial charge is 0.249 e. The van der Waals surface area contributed by atoms with Crippen molar-refractivity contribution < 1.29 is 4.74 Å². The Morgan fingerprint density at radius 2 is 1.71 bits per heavy atom. The van der Waals surface area contributed by atoms with E-state index in [-0.39, 0.29) is 0 Å². The van der Waals surface area contributed by atoms with Crippen LogP contribution in [0, 0.1) is 13.8 Å². The molecular formula is C18H19N5O. The van der Waals surface area contributed by atoms with Gasteiger partial charge in [0.15, 0.2) is 5.82 Å². The van der Waals surface area contributed by atoms with Crippen LogP contribution >= 0.6 is 0 Å². The lowest BCUT2D eigenvalue weighted by Gasteiger charge is -2.11. The first-order valence-electron chi connectivity index (χ1n) is 7.59. The zero-order chi connectivity index (χ0) is 16.9. The maximum absolute atomic E-state index is 5.33. The molecule has 24 heavy (non-hydrogen) atoms.